The second-order valence-electron chi connectivity index (χ2n) is 4.93. The zero-order chi connectivity index (χ0) is 12.5. The van der Waals surface area contributed by atoms with Crippen LogP contribution in [0.1, 0.15) is 51.4 Å². The molecule has 0 radical (unpaired) electrons. The third-order valence-electron chi connectivity index (χ3n) is 3.60. The molecule has 0 amide bonds. The van der Waals surface area contributed by atoms with E-state index in [1.54, 1.807) is 0 Å². The van der Waals surface area contributed by atoms with Gasteiger partial charge in [-0.05, 0) is 50.4 Å². The van der Waals surface area contributed by atoms with E-state index in [9.17, 15) is 4.79 Å². The number of carboxylic acids is 1. The van der Waals surface area contributed by atoms with E-state index < -0.39 is 5.97 Å². The number of aliphatic carboxylic acids is 1. The van der Waals surface area contributed by atoms with E-state index in [1.165, 1.54) is 19.3 Å². The molecule has 0 bridgehead atoms. The van der Waals surface area contributed by atoms with Crippen LogP contribution in [0.2, 0.25) is 0 Å². The first-order valence-corrected chi connectivity index (χ1v) is 6.73. The molecule has 96 valence electrons. The Balaban J connectivity index is 2.25. The molecular formula is C15H24O2. The van der Waals surface area contributed by atoms with Gasteiger partial charge >= 0.3 is 5.97 Å². The first-order valence-electron chi connectivity index (χ1n) is 6.73. The van der Waals surface area contributed by atoms with Crippen LogP contribution in [0.25, 0.3) is 0 Å². The fraction of sp³-hybridized carbons (Fsp3) is 0.667. The molecule has 0 aromatic rings. The van der Waals surface area contributed by atoms with Crippen molar-refractivity contribution in [2.24, 2.45) is 11.8 Å². The maximum atomic E-state index is 10.5. The number of carboxylic acid groups (broad SMARTS) is 1. The van der Waals surface area contributed by atoms with Crippen LogP contribution in [-0.4, -0.2) is 11.1 Å². The highest BCUT2D eigenvalue weighted by Crippen LogP contribution is 2.36. The Labute approximate surface area is 104 Å². The normalized spacial score (nSPS) is 24.2. The molecule has 1 aliphatic rings. The molecular weight excluding hydrogens is 212 g/mol. The van der Waals surface area contributed by atoms with Crippen molar-refractivity contribution in [2.75, 3.05) is 0 Å². The second kappa shape index (κ2) is 8.10. The number of rotatable bonds is 8. The zero-order valence-electron chi connectivity index (χ0n) is 10.6. The van der Waals surface area contributed by atoms with Crippen molar-refractivity contribution >= 4 is 5.97 Å². The molecule has 2 atom stereocenters. The molecule has 1 aliphatic carbocycles. The van der Waals surface area contributed by atoms with Gasteiger partial charge in [-0.2, -0.15) is 0 Å². The summed E-state index contributed by atoms with van der Waals surface area (Å²) < 4.78 is 0. The third-order valence-corrected chi connectivity index (χ3v) is 3.60. The van der Waals surface area contributed by atoms with Crippen LogP contribution in [0.15, 0.2) is 24.8 Å². The predicted molar refractivity (Wildman–Crippen MR) is 70.9 cm³/mol. The van der Waals surface area contributed by atoms with Crippen LogP contribution in [0.5, 0.6) is 0 Å². The Morgan fingerprint density at radius 2 is 2.18 bits per heavy atom. The molecule has 0 aliphatic heterocycles. The van der Waals surface area contributed by atoms with Gasteiger partial charge in [0.05, 0.1) is 0 Å². The number of hydrogen-bond donors (Lipinski definition) is 1. The minimum absolute atomic E-state index is 0.323. The third kappa shape index (κ3) is 5.71. The molecule has 0 saturated heterocycles. The second-order valence-corrected chi connectivity index (χ2v) is 4.93. The van der Waals surface area contributed by atoms with Gasteiger partial charge in [0.1, 0.15) is 0 Å². The maximum Gasteiger partial charge on any atom is 0.303 e. The summed E-state index contributed by atoms with van der Waals surface area (Å²) in [6, 6.07) is 0. The summed E-state index contributed by atoms with van der Waals surface area (Å²) in [4.78, 5) is 10.5. The van der Waals surface area contributed by atoms with Crippen molar-refractivity contribution in [3.8, 4) is 0 Å². The van der Waals surface area contributed by atoms with E-state index in [4.69, 9.17) is 5.11 Å². The fourth-order valence-corrected chi connectivity index (χ4v) is 2.68. The number of unbranched alkanes of at least 4 members (excludes halogenated alkanes) is 1. The van der Waals surface area contributed by atoms with Crippen LogP contribution in [-0.2, 0) is 4.79 Å². The zero-order valence-corrected chi connectivity index (χ0v) is 10.6. The lowest BCUT2D eigenvalue weighted by atomic mass is 9.90. The van der Waals surface area contributed by atoms with Gasteiger partial charge in [0.25, 0.3) is 0 Å². The average molecular weight is 236 g/mol. The van der Waals surface area contributed by atoms with Gasteiger partial charge in [0, 0.05) is 6.42 Å². The van der Waals surface area contributed by atoms with Crippen LogP contribution < -0.4 is 0 Å². The highest BCUT2D eigenvalue weighted by Gasteiger charge is 2.24. The summed E-state index contributed by atoms with van der Waals surface area (Å²) in [7, 11) is 0. The average Bonchev–Trinajstić information content (AvgIpc) is 2.72. The fourth-order valence-electron chi connectivity index (χ4n) is 2.68. The molecule has 2 nitrogen and oxygen atoms in total. The molecule has 0 spiro atoms. The van der Waals surface area contributed by atoms with Gasteiger partial charge in [-0.25, -0.2) is 0 Å². The van der Waals surface area contributed by atoms with E-state index >= 15 is 0 Å². The topological polar surface area (TPSA) is 37.3 Å². The molecule has 1 fully saturated rings. The van der Waals surface area contributed by atoms with Gasteiger partial charge in [0.2, 0.25) is 0 Å². The van der Waals surface area contributed by atoms with Crippen molar-refractivity contribution in [1.82, 2.24) is 0 Å². The maximum absolute atomic E-state index is 10.5. The molecule has 0 aromatic carbocycles. The Bertz CT molecular complexity index is 268. The Kier molecular flexibility index (Phi) is 6.68. The first-order chi connectivity index (χ1) is 8.24. The lowest BCUT2D eigenvalue weighted by Crippen LogP contribution is -2.06. The molecule has 0 aromatic heterocycles. The van der Waals surface area contributed by atoms with Crippen LogP contribution in [0.3, 0.4) is 0 Å². The van der Waals surface area contributed by atoms with Gasteiger partial charge in [-0.15, -0.1) is 6.58 Å². The molecule has 2 unspecified atom stereocenters. The minimum Gasteiger partial charge on any atom is -0.481 e. The van der Waals surface area contributed by atoms with E-state index in [2.05, 4.69) is 18.7 Å². The Morgan fingerprint density at radius 3 is 2.88 bits per heavy atom. The Morgan fingerprint density at radius 1 is 1.35 bits per heavy atom. The van der Waals surface area contributed by atoms with Crippen molar-refractivity contribution in [3.05, 3.63) is 24.8 Å². The molecule has 17 heavy (non-hydrogen) atoms. The highest BCUT2D eigenvalue weighted by atomic mass is 16.4. The standard InChI is InChI=1S/C15H24O2/c1-2-3-4-5-8-13-9-6-10-14(13)11-7-12-15(16)17/h2,5,8,13-14H,1,3-4,6-7,9-12H2,(H,16,17)/b8-5+. The van der Waals surface area contributed by atoms with Crippen LogP contribution in [0.4, 0.5) is 0 Å². The monoisotopic (exact) mass is 236 g/mol. The van der Waals surface area contributed by atoms with E-state index in [1.807, 2.05) is 6.08 Å². The Hall–Kier alpha value is -1.05. The number of allylic oxidation sites excluding steroid dienone is 3. The largest absolute Gasteiger partial charge is 0.481 e. The first kappa shape index (κ1) is 14.0. The smallest absolute Gasteiger partial charge is 0.303 e. The summed E-state index contributed by atoms with van der Waals surface area (Å²) in [5, 5.41) is 8.63. The quantitative estimate of drug-likeness (QED) is 0.507. The van der Waals surface area contributed by atoms with Crippen molar-refractivity contribution in [1.29, 1.82) is 0 Å². The van der Waals surface area contributed by atoms with Gasteiger partial charge in [0.15, 0.2) is 0 Å². The van der Waals surface area contributed by atoms with E-state index in [0.29, 0.717) is 18.3 Å². The van der Waals surface area contributed by atoms with E-state index in [0.717, 1.165) is 25.7 Å². The molecule has 0 heterocycles. The lowest BCUT2D eigenvalue weighted by molar-refractivity contribution is -0.137. The van der Waals surface area contributed by atoms with Crippen molar-refractivity contribution in [2.45, 2.75) is 51.4 Å². The predicted octanol–water partition coefficient (Wildman–Crippen LogP) is 4.18. The molecule has 1 rings (SSSR count). The van der Waals surface area contributed by atoms with Gasteiger partial charge in [-0.1, -0.05) is 24.6 Å². The van der Waals surface area contributed by atoms with Crippen molar-refractivity contribution in [3.63, 3.8) is 0 Å². The summed E-state index contributed by atoms with van der Waals surface area (Å²) in [5.41, 5.74) is 0. The summed E-state index contributed by atoms with van der Waals surface area (Å²) in [5.74, 6) is 0.740. The summed E-state index contributed by atoms with van der Waals surface area (Å²) in [6.07, 6.45) is 14.8. The van der Waals surface area contributed by atoms with Crippen molar-refractivity contribution < 1.29 is 9.90 Å². The number of hydrogen-bond acceptors (Lipinski definition) is 1. The van der Waals surface area contributed by atoms with E-state index in [-0.39, 0.29) is 0 Å². The van der Waals surface area contributed by atoms with Gasteiger partial charge in [-0.3, -0.25) is 4.79 Å². The summed E-state index contributed by atoms with van der Waals surface area (Å²) >= 11 is 0. The lowest BCUT2D eigenvalue weighted by Gasteiger charge is -2.15. The number of carbonyl (C=O) groups is 1. The minimum atomic E-state index is -0.666. The highest BCUT2D eigenvalue weighted by molar-refractivity contribution is 5.66. The summed E-state index contributed by atoms with van der Waals surface area (Å²) in [6.45, 7) is 3.71. The van der Waals surface area contributed by atoms with Crippen LogP contribution >= 0.6 is 0 Å². The van der Waals surface area contributed by atoms with Crippen LogP contribution in [0, 0.1) is 11.8 Å². The SMILES string of the molecule is C=CCC/C=C/C1CCCC1CCCC(=O)O. The molecule has 1 N–H and O–H groups in total. The molecule has 2 heteroatoms. The molecule has 1 saturated carbocycles. The van der Waals surface area contributed by atoms with Gasteiger partial charge < -0.3 is 5.11 Å².